The van der Waals surface area contributed by atoms with Gasteiger partial charge in [-0.3, -0.25) is 0 Å². The number of carboxylic acid groups (broad SMARTS) is 1. The number of methoxy groups -OCH3 is 1. The van der Waals surface area contributed by atoms with Crippen molar-refractivity contribution in [3.05, 3.63) is 76.9 Å². The van der Waals surface area contributed by atoms with Crippen molar-refractivity contribution in [1.82, 2.24) is 4.57 Å². The molecule has 1 aromatic heterocycles. The van der Waals surface area contributed by atoms with E-state index in [1.54, 1.807) is 31.4 Å². The molecule has 2 aliphatic heterocycles. The Bertz CT molecular complexity index is 1710. The molecular weight excluding hydrogens is 516 g/mol. The lowest BCUT2D eigenvalue weighted by atomic mass is 9.81. The maximum Gasteiger partial charge on any atom is 0.586 e. The molecule has 40 heavy (non-hydrogen) atoms. The number of halogens is 2. The number of alkyl halides is 2. The number of ether oxygens (including phenoxy) is 3. The fraction of sp³-hybridized carbons (Fsp3) is 0.281. The molecule has 3 heterocycles. The van der Waals surface area contributed by atoms with Crippen molar-refractivity contribution in [2.24, 2.45) is 0 Å². The number of rotatable bonds is 4. The molecule has 0 bridgehead atoms. The van der Waals surface area contributed by atoms with Gasteiger partial charge in [-0.2, -0.15) is 0 Å². The molecule has 0 unspecified atom stereocenters. The van der Waals surface area contributed by atoms with E-state index in [1.165, 1.54) is 18.1 Å². The van der Waals surface area contributed by atoms with Gasteiger partial charge in [-0.05, 0) is 77.9 Å². The molecule has 3 aromatic carbocycles. The summed E-state index contributed by atoms with van der Waals surface area (Å²) in [5.74, 6) is -0.0272. The minimum atomic E-state index is -3.75. The van der Waals surface area contributed by atoms with Crippen LogP contribution in [0.4, 0.5) is 8.78 Å². The van der Waals surface area contributed by atoms with Crippen molar-refractivity contribution in [3.63, 3.8) is 0 Å². The first kappa shape index (κ1) is 24.7. The molecule has 1 aliphatic carbocycles. The summed E-state index contributed by atoms with van der Waals surface area (Å²) in [5, 5.41) is 10.9. The van der Waals surface area contributed by atoms with Crippen LogP contribution in [0.1, 0.15) is 65.1 Å². The van der Waals surface area contributed by atoms with Gasteiger partial charge in [0.25, 0.3) is 0 Å². The van der Waals surface area contributed by atoms with E-state index >= 15 is 0 Å². The van der Waals surface area contributed by atoms with Crippen LogP contribution in [0, 0.1) is 0 Å². The lowest BCUT2D eigenvalue weighted by Crippen LogP contribution is -2.26. The Balaban J connectivity index is 1.52. The van der Waals surface area contributed by atoms with E-state index < -0.39 is 12.3 Å². The Hall–Kier alpha value is -4.33. The number of carbonyl (C=O) groups is 1. The van der Waals surface area contributed by atoms with Crippen LogP contribution in [0.2, 0.25) is 0 Å². The summed E-state index contributed by atoms with van der Waals surface area (Å²) < 4.78 is 45.7. The summed E-state index contributed by atoms with van der Waals surface area (Å²) in [6.45, 7) is 0.323. The zero-order chi connectivity index (χ0) is 27.6. The van der Waals surface area contributed by atoms with Crippen LogP contribution in [0.25, 0.3) is 33.8 Å². The Morgan fingerprint density at radius 1 is 1.02 bits per heavy atom. The number of hydrogen-bond donors (Lipinski definition) is 1. The van der Waals surface area contributed by atoms with Crippen molar-refractivity contribution < 1.29 is 32.9 Å². The number of aromatic nitrogens is 1. The monoisotopic (exact) mass is 543 g/mol. The number of allylic oxidation sites excluding steroid dienone is 1. The summed E-state index contributed by atoms with van der Waals surface area (Å²) in [6, 6.07) is 16.1. The third-order valence-electron chi connectivity index (χ3n) is 8.31. The first-order valence-corrected chi connectivity index (χ1v) is 13.5. The number of aromatic carboxylic acids is 1. The summed E-state index contributed by atoms with van der Waals surface area (Å²) in [4.78, 5) is 12.0. The molecule has 0 atom stereocenters. The smallest absolute Gasteiger partial charge is 0.497 e. The lowest BCUT2D eigenvalue weighted by molar-refractivity contribution is -0.286. The van der Waals surface area contributed by atoms with E-state index in [9.17, 15) is 18.7 Å². The zero-order valence-corrected chi connectivity index (χ0v) is 21.9. The SMILES string of the molecule is COc1ccc2c(c1)C=C(c1cccc3c1OC(F)(F)O3)Cn1c-2c(C2CCCCC2)c2ccc(C(=O)O)cc21. The van der Waals surface area contributed by atoms with Crippen molar-refractivity contribution in [1.29, 1.82) is 0 Å². The average molecular weight is 544 g/mol. The standard InChI is InChI=1S/C32H27F2NO5/c1-38-22-11-13-23-20(15-22)14-21(24-8-5-9-27-30(24)40-32(33,34)39-27)17-35-26-16-19(31(36)37)10-12-25(26)28(29(23)35)18-6-3-2-4-7-18/h5,8-16,18H,2-4,6-7,17H2,1H3,(H,36,37). The minimum absolute atomic E-state index is 0.0122. The van der Waals surface area contributed by atoms with Gasteiger partial charge in [0, 0.05) is 28.6 Å². The predicted octanol–water partition coefficient (Wildman–Crippen LogP) is 7.94. The van der Waals surface area contributed by atoms with Crippen molar-refractivity contribution in [2.45, 2.75) is 50.9 Å². The molecule has 1 fully saturated rings. The Labute approximate surface area is 229 Å². The maximum absolute atomic E-state index is 14.1. The van der Waals surface area contributed by atoms with Gasteiger partial charge in [0.15, 0.2) is 11.5 Å². The van der Waals surface area contributed by atoms with E-state index in [2.05, 4.69) is 4.57 Å². The third kappa shape index (κ3) is 3.93. The Morgan fingerprint density at radius 2 is 1.85 bits per heavy atom. The normalized spacial score (nSPS) is 17.6. The highest BCUT2D eigenvalue weighted by Gasteiger charge is 2.45. The molecule has 0 radical (unpaired) electrons. The molecule has 0 amide bonds. The van der Waals surface area contributed by atoms with Crippen molar-refractivity contribution in [3.8, 4) is 28.5 Å². The second-order valence-electron chi connectivity index (χ2n) is 10.6. The Kier molecular flexibility index (Phi) is 5.63. The van der Waals surface area contributed by atoms with Gasteiger partial charge < -0.3 is 23.9 Å². The van der Waals surface area contributed by atoms with Crippen LogP contribution in [0.15, 0.2) is 54.6 Å². The van der Waals surface area contributed by atoms with Crippen LogP contribution < -0.4 is 14.2 Å². The second kappa shape index (κ2) is 9.11. The fourth-order valence-electron chi connectivity index (χ4n) is 6.56. The molecule has 3 aliphatic rings. The van der Waals surface area contributed by atoms with E-state index in [1.807, 2.05) is 30.3 Å². The largest absolute Gasteiger partial charge is 0.586 e. The topological polar surface area (TPSA) is 69.9 Å². The number of benzene rings is 3. The molecular formula is C32H27F2NO5. The molecule has 8 heteroatoms. The van der Waals surface area contributed by atoms with E-state index in [0.717, 1.165) is 59.0 Å². The number of para-hydroxylation sites is 1. The van der Waals surface area contributed by atoms with Crippen molar-refractivity contribution in [2.75, 3.05) is 7.11 Å². The summed E-state index contributed by atoms with van der Waals surface area (Å²) >= 11 is 0. The number of nitrogens with zero attached hydrogens (tertiary/aromatic N) is 1. The van der Waals surface area contributed by atoms with Crippen LogP contribution in [0.3, 0.4) is 0 Å². The minimum Gasteiger partial charge on any atom is -0.497 e. The highest BCUT2D eigenvalue weighted by molar-refractivity contribution is 6.01. The summed E-state index contributed by atoms with van der Waals surface area (Å²) in [7, 11) is 1.61. The highest BCUT2D eigenvalue weighted by atomic mass is 19.3. The third-order valence-corrected chi connectivity index (χ3v) is 8.31. The molecule has 6 nitrogen and oxygen atoms in total. The van der Waals surface area contributed by atoms with E-state index in [-0.39, 0.29) is 17.1 Å². The summed E-state index contributed by atoms with van der Waals surface area (Å²) in [5.41, 5.74) is 6.35. The molecule has 4 aromatic rings. The highest BCUT2D eigenvalue weighted by Crippen LogP contribution is 2.50. The van der Waals surface area contributed by atoms with Crippen LogP contribution in [-0.4, -0.2) is 29.0 Å². The second-order valence-corrected chi connectivity index (χ2v) is 10.6. The lowest BCUT2D eigenvalue weighted by Gasteiger charge is -2.24. The summed E-state index contributed by atoms with van der Waals surface area (Å²) in [6.07, 6.45) is 3.85. The molecule has 1 N–H and O–H groups in total. The maximum atomic E-state index is 14.1. The van der Waals surface area contributed by atoms with Gasteiger partial charge in [0.1, 0.15) is 5.75 Å². The molecule has 1 saturated carbocycles. The molecule has 7 rings (SSSR count). The molecule has 204 valence electrons. The first-order valence-electron chi connectivity index (χ1n) is 13.5. The zero-order valence-electron chi connectivity index (χ0n) is 21.9. The van der Waals surface area contributed by atoms with Gasteiger partial charge in [0.05, 0.1) is 18.4 Å². The molecule has 0 saturated heterocycles. The van der Waals surface area contributed by atoms with Crippen LogP contribution in [-0.2, 0) is 6.54 Å². The number of carboxylic acids is 1. The van der Waals surface area contributed by atoms with Crippen LogP contribution >= 0.6 is 0 Å². The first-order chi connectivity index (χ1) is 19.3. The number of hydrogen-bond acceptors (Lipinski definition) is 4. The average Bonchev–Trinajstić information content (AvgIpc) is 3.38. The van der Waals surface area contributed by atoms with Gasteiger partial charge in [0.2, 0.25) is 0 Å². The van der Waals surface area contributed by atoms with Crippen LogP contribution in [0.5, 0.6) is 17.2 Å². The van der Waals surface area contributed by atoms with Gasteiger partial charge in [-0.15, -0.1) is 8.78 Å². The van der Waals surface area contributed by atoms with E-state index in [4.69, 9.17) is 14.2 Å². The van der Waals surface area contributed by atoms with Crippen molar-refractivity contribution >= 4 is 28.5 Å². The van der Waals surface area contributed by atoms with Gasteiger partial charge in [-0.25, -0.2) is 4.79 Å². The predicted molar refractivity (Wildman–Crippen MR) is 147 cm³/mol. The Morgan fingerprint density at radius 3 is 2.62 bits per heavy atom. The van der Waals surface area contributed by atoms with Gasteiger partial charge >= 0.3 is 12.3 Å². The van der Waals surface area contributed by atoms with E-state index in [0.29, 0.717) is 23.8 Å². The fourth-order valence-corrected chi connectivity index (χ4v) is 6.56. The number of fused-ring (bicyclic) bond motifs is 6. The molecule has 0 spiro atoms. The van der Waals surface area contributed by atoms with Gasteiger partial charge in [-0.1, -0.05) is 37.5 Å². The quantitative estimate of drug-likeness (QED) is 0.283.